The van der Waals surface area contributed by atoms with Crippen LogP contribution >= 0.6 is 7.55 Å². The van der Waals surface area contributed by atoms with E-state index < -0.39 is 7.55 Å². The molecular weight excluding hydrogens is 448 g/mol. The second-order valence-corrected chi connectivity index (χ2v) is 12.0. The fraction of sp³-hybridized carbons (Fsp3) is 0.480. The van der Waals surface area contributed by atoms with E-state index in [0.717, 1.165) is 11.3 Å². The monoisotopic (exact) mass is 486 g/mol. The molecule has 1 aromatic rings. The smallest absolute Gasteiger partial charge is 0.377 e. The molecule has 28 heavy (non-hydrogen) atoms. The van der Waals surface area contributed by atoms with Crippen molar-refractivity contribution in [2.24, 2.45) is 0 Å². The summed E-state index contributed by atoms with van der Waals surface area (Å²) in [6.07, 6.45) is 16.4. The van der Waals surface area contributed by atoms with Gasteiger partial charge in [0.05, 0.1) is 0 Å². The van der Waals surface area contributed by atoms with E-state index in [0.29, 0.717) is 0 Å². The van der Waals surface area contributed by atoms with Gasteiger partial charge in [0, 0.05) is 25.1 Å². The molecule has 0 fully saturated rings. The molecule has 1 nitrogen and oxygen atoms in total. The summed E-state index contributed by atoms with van der Waals surface area (Å²) in [6.45, 7) is 9.54. The molecular formula is C25H38NPRh+2. The van der Waals surface area contributed by atoms with Gasteiger partial charge in [-0.05, 0) is 54.2 Å². The Hall–Kier alpha value is -0.837. The third kappa shape index (κ3) is 6.89. The van der Waals surface area contributed by atoms with Crippen LogP contribution in [-0.2, 0) is 19.5 Å². The molecule has 0 saturated carbocycles. The van der Waals surface area contributed by atoms with Gasteiger partial charge in [-0.25, -0.2) is 0 Å². The molecule has 2 aliphatic rings. The number of likely N-dealkylation sites (N-methyl/N-ethyl adjacent to an activating group) is 1. The summed E-state index contributed by atoms with van der Waals surface area (Å²) in [7, 11) is 3.77. The second kappa shape index (κ2) is 12.7. The summed E-state index contributed by atoms with van der Waals surface area (Å²) in [6, 6.07) is 8.85. The maximum absolute atomic E-state index is 2.38. The van der Waals surface area contributed by atoms with Gasteiger partial charge in [0.25, 0.3) is 0 Å². The fourth-order valence-electron chi connectivity index (χ4n) is 3.96. The number of hydrogen-bond acceptors (Lipinski definition) is 1. The molecule has 3 rings (SSSR count). The van der Waals surface area contributed by atoms with Crippen molar-refractivity contribution in [3.05, 3.63) is 65.4 Å². The molecule has 0 saturated heterocycles. The minimum Gasteiger partial charge on any atom is -0.377 e. The minimum absolute atomic E-state index is 0. The van der Waals surface area contributed by atoms with Gasteiger partial charge < -0.3 is 4.90 Å². The van der Waals surface area contributed by atoms with Gasteiger partial charge >= 0.3 is 19.5 Å². The van der Waals surface area contributed by atoms with Gasteiger partial charge in [-0.15, -0.1) is 7.55 Å². The second-order valence-electron chi connectivity index (χ2n) is 8.25. The Morgan fingerprint density at radius 1 is 0.786 bits per heavy atom. The maximum atomic E-state index is 2.38. The molecule has 0 amide bonds. The normalized spacial score (nSPS) is 17.8. The Morgan fingerprint density at radius 3 is 1.68 bits per heavy atom. The predicted molar refractivity (Wildman–Crippen MR) is 128 cm³/mol. The summed E-state index contributed by atoms with van der Waals surface area (Å²) in [5, 5.41) is 1.63. The molecule has 1 radical (unpaired) electrons. The van der Waals surface area contributed by atoms with Gasteiger partial charge in [0.15, 0.2) is 0 Å². The number of allylic oxidation sites excluding steroid dienone is 5. The zero-order chi connectivity index (χ0) is 19.8. The maximum Gasteiger partial charge on any atom is 2.00 e. The van der Waals surface area contributed by atoms with Crippen LogP contribution in [0.15, 0.2) is 54.3 Å². The van der Waals surface area contributed by atoms with Crippen molar-refractivity contribution < 1.29 is 19.5 Å². The number of benzene rings is 1. The molecule has 0 spiro atoms. The first-order chi connectivity index (χ1) is 12.9. The number of fused-ring (bicyclic) bond motifs is 1. The molecule has 3 heteroatoms. The Kier molecular flexibility index (Phi) is 11.4. The van der Waals surface area contributed by atoms with E-state index >= 15 is 0 Å². The van der Waals surface area contributed by atoms with E-state index in [2.05, 4.69) is 101 Å². The molecule has 0 N–H and O–H groups in total. The summed E-state index contributed by atoms with van der Waals surface area (Å²) in [5.41, 5.74) is 5.81. The summed E-state index contributed by atoms with van der Waals surface area (Å²) in [4.78, 5) is 2.28. The van der Waals surface area contributed by atoms with Gasteiger partial charge in [-0.3, -0.25) is 0 Å². The molecule has 0 atom stereocenters. The average molecular weight is 486 g/mol. The van der Waals surface area contributed by atoms with Crippen molar-refractivity contribution in [1.29, 1.82) is 0 Å². The standard InChI is InChI=1S/C17H26NP.C8H12.Rh/c1-12(2)19(13(3)4)17-15-10-8-7-9-14(15)11-16(17)18(5)6;1-2-4-6-8-7-5-3-1;/h7-13,19H,1-6H3;1-2,7-8H,3-6H2;/q;;+2/b;2-1-,8-7-;. The molecule has 155 valence electrons. The van der Waals surface area contributed by atoms with Crippen LogP contribution in [0.3, 0.4) is 0 Å². The van der Waals surface area contributed by atoms with E-state index in [1.165, 1.54) is 42.5 Å². The van der Waals surface area contributed by atoms with E-state index in [1.54, 1.807) is 5.29 Å². The van der Waals surface area contributed by atoms with Crippen LogP contribution in [0.5, 0.6) is 0 Å². The zero-order valence-electron chi connectivity index (χ0n) is 18.5. The predicted octanol–water partition coefficient (Wildman–Crippen LogP) is 6.82. The van der Waals surface area contributed by atoms with Crippen LogP contribution in [0.4, 0.5) is 0 Å². The van der Waals surface area contributed by atoms with E-state index in [4.69, 9.17) is 0 Å². The minimum atomic E-state index is -0.554. The Balaban J connectivity index is 0.000000367. The first kappa shape index (κ1) is 25.2. The van der Waals surface area contributed by atoms with Gasteiger partial charge in [0.1, 0.15) is 0 Å². The Labute approximate surface area is 187 Å². The van der Waals surface area contributed by atoms with Crippen LogP contribution in [0.25, 0.3) is 6.08 Å². The van der Waals surface area contributed by atoms with Crippen molar-refractivity contribution in [3.63, 3.8) is 0 Å². The molecule has 0 heterocycles. The number of hydrogen-bond donors (Lipinski definition) is 0. The molecule has 0 aromatic heterocycles. The number of nitrogens with zero attached hydrogens (tertiary/aromatic N) is 1. The number of rotatable bonds is 3. The summed E-state index contributed by atoms with van der Waals surface area (Å²) < 4.78 is 0. The van der Waals surface area contributed by atoms with Crippen LogP contribution in [0.1, 0.15) is 64.5 Å². The summed E-state index contributed by atoms with van der Waals surface area (Å²) >= 11 is 0. The van der Waals surface area contributed by atoms with Crippen molar-refractivity contribution in [3.8, 4) is 0 Å². The van der Waals surface area contributed by atoms with Crippen molar-refractivity contribution in [1.82, 2.24) is 4.90 Å². The van der Waals surface area contributed by atoms with Crippen LogP contribution in [-0.4, -0.2) is 35.6 Å². The van der Waals surface area contributed by atoms with Crippen molar-refractivity contribution >= 4 is 18.9 Å². The fourth-order valence-corrected chi connectivity index (χ4v) is 7.58. The quantitative estimate of drug-likeness (QED) is 0.257. The van der Waals surface area contributed by atoms with Gasteiger partial charge in [0.2, 0.25) is 0 Å². The zero-order valence-corrected chi connectivity index (χ0v) is 21.1. The molecule has 0 aliphatic heterocycles. The van der Waals surface area contributed by atoms with Crippen LogP contribution < -0.4 is 0 Å². The first-order valence-electron chi connectivity index (χ1n) is 10.5. The first-order valence-corrected chi connectivity index (χ1v) is 12.1. The van der Waals surface area contributed by atoms with Crippen LogP contribution in [0, 0.1) is 0 Å². The van der Waals surface area contributed by atoms with E-state index in [9.17, 15) is 0 Å². The molecule has 0 bridgehead atoms. The van der Waals surface area contributed by atoms with E-state index in [-0.39, 0.29) is 19.5 Å². The SMILES string of the molecule is C1=C\CC/C=C\CC/1.CC(C)[PH](=C1C(N(C)C)=Cc2ccccc21)C(C)C.[Rh+2]. The third-order valence-corrected chi connectivity index (χ3v) is 8.72. The summed E-state index contributed by atoms with van der Waals surface area (Å²) in [5.74, 6) is 0. The van der Waals surface area contributed by atoms with Crippen molar-refractivity contribution in [2.45, 2.75) is 64.7 Å². The van der Waals surface area contributed by atoms with Gasteiger partial charge in [-0.1, -0.05) is 76.3 Å². The third-order valence-electron chi connectivity index (χ3n) is 5.13. The Morgan fingerprint density at radius 2 is 1.25 bits per heavy atom. The van der Waals surface area contributed by atoms with Gasteiger partial charge in [-0.2, -0.15) is 0 Å². The average Bonchev–Trinajstić information content (AvgIpc) is 2.94. The van der Waals surface area contributed by atoms with E-state index in [1.807, 2.05) is 0 Å². The largest absolute Gasteiger partial charge is 2.00 e. The van der Waals surface area contributed by atoms with Crippen LogP contribution in [0.2, 0.25) is 0 Å². The molecule has 2 aliphatic carbocycles. The van der Waals surface area contributed by atoms with Crippen molar-refractivity contribution in [2.75, 3.05) is 14.1 Å². The molecule has 0 unspecified atom stereocenters. The molecule has 1 aromatic carbocycles. The Bertz CT molecular complexity index is 703. The topological polar surface area (TPSA) is 3.24 Å².